The molecule has 0 spiro atoms. The number of nitrogens with zero attached hydrogens (tertiary/aromatic N) is 4. The van der Waals surface area contributed by atoms with Crippen LogP contribution < -0.4 is 11.1 Å². The third kappa shape index (κ3) is 3.60. The second-order valence-corrected chi connectivity index (χ2v) is 9.22. The molecule has 31 heavy (non-hydrogen) atoms. The summed E-state index contributed by atoms with van der Waals surface area (Å²) >= 11 is 1.46. The lowest BCUT2D eigenvalue weighted by Gasteiger charge is -2.20. The zero-order valence-electron chi connectivity index (χ0n) is 16.7. The van der Waals surface area contributed by atoms with Crippen LogP contribution in [-0.2, 0) is 0 Å². The highest BCUT2D eigenvalue weighted by Crippen LogP contribution is 2.44. The Kier molecular flexibility index (Phi) is 4.98. The third-order valence-corrected chi connectivity index (χ3v) is 7.03. The Morgan fingerprint density at radius 3 is 2.65 bits per heavy atom. The van der Waals surface area contributed by atoms with Gasteiger partial charge in [0.2, 0.25) is 12.4 Å². The van der Waals surface area contributed by atoms with Crippen LogP contribution in [0.5, 0.6) is 0 Å². The van der Waals surface area contributed by atoms with Crippen LogP contribution in [0.25, 0.3) is 20.8 Å². The van der Waals surface area contributed by atoms with Gasteiger partial charge in [-0.3, -0.25) is 4.98 Å². The van der Waals surface area contributed by atoms with Crippen molar-refractivity contribution >= 4 is 33.3 Å². The first-order chi connectivity index (χ1) is 14.8. The van der Waals surface area contributed by atoms with Gasteiger partial charge in [0.25, 0.3) is 0 Å². The molecule has 8 nitrogen and oxygen atoms in total. The molecule has 3 aromatic rings. The fourth-order valence-corrected chi connectivity index (χ4v) is 5.29. The number of pyridine rings is 1. The number of thiazole rings is 1. The second kappa shape index (κ2) is 7.57. The van der Waals surface area contributed by atoms with Gasteiger partial charge in [-0.2, -0.15) is 4.98 Å². The number of anilines is 2. The summed E-state index contributed by atoms with van der Waals surface area (Å²) in [7, 11) is 0. The maximum Gasteiger partial charge on any atom is 0.244 e. The lowest BCUT2D eigenvalue weighted by molar-refractivity contribution is -0.0333. The van der Waals surface area contributed by atoms with Gasteiger partial charge in [0.05, 0.1) is 39.7 Å². The fraction of sp³-hybridized carbons (Fsp3) is 0.500. The van der Waals surface area contributed by atoms with Crippen molar-refractivity contribution in [1.82, 2.24) is 19.9 Å². The van der Waals surface area contributed by atoms with Crippen molar-refractivity contribution in [2.75, 3.05) is 11.1 Å². The van der Waals surface area contributed by atoms with E-state index in [1.165, 1.54) is 11.3 Å². The summed E-state index contributed by atoms with van der Waals surface area (Å²) in [5, 5.41) is 24.0. The van der Waals surface area contributed by atoms with Crippen LogP contribution in [0, 0.1) is 12.8 Å². The van der Waals surface area contributed by atoms with Crippen LogP contribution in [-0.4, -0.2) is 54.8 Å². The quantitative estimate of drug-likeness (QED) is 0.469. The van der Waals surface area contributed by atoms with Crippen molar-refractivity contribution < 1.29 is 19.0 Å². The van der Waals surface area contributed by atoms with Gasteiger partial charge < -0.3 is 21.3 Å². The Morgan fingerprint density at radius 2 is 1.97 bits per heavy atom. The smallest absolute Gasteiger partial charge is 0.244 e. The molecule has 2 aliphatic carbocycles. The molecule has 2 aliphatic rings. The number of aromatic nitrogens is 4. The Bertz CT molecular complexity index is 1140. The standard InChI is InChI=1S/C20H22F2N6O2S/c1-7-12(19-27-14-11(31-19)4-5-24-13(14)8-2-3-8)18(28-20(23)25-7)26-10-6-9(17(21)22)15(29)16(10)30/h4-5,8-10,15-17,29-30H,2-3,6H2,1H3,(H3,23,25,26,28)/t9-,10+,15+,16-/m0/s1. The number of aliphatic hydroxyl groups is 2. The summed E-state index contributed by atoms with van der Waals surface area (Å²) in [4.78, 5) is 17.8. The van der Waals surface area contributed by atoms with Gasteiger partial charge in [0, 0.05) is 12.1 Å². The Labute approximate surface area is 180 Å². The van der Waals surface area contributed by atoms with E-state index in [-0.39, 0.29) is 12.4 Å². The Morgan fingerprint density at radius 1 is 1.19 bits per heavy atom. The molecule has 3 aromatic heterocycles. The first-order valence-corrected chi connectivity index (χ1v) is 11.0. The topological polar surface area (TPSA) is 130 Å². The maximum atomic E-state index is 13.2. The molecule has 2 saturated carbocycles. The van der Waals surface area contributed by atoms with Gasteiger partial charge >= 0.3 is 0 Å². The number of rotatable bonds is 5. The van der Waals surface area contributed by atoms with Crippen molar-refractivity contribution in [2.45, 2.75) is 56.8 Å². The molecule has 0 bridgehead atoms. The molecular weight excluding hydrogens is 426 g/mol. The van der Waals surface area contributed by atoms with Crippen LogP contribution in [0.3, 0.4) is 0 Å². The van der Waals surface area contributed by atoms with Crippen molar-refractivity contribution in [3.8, 4) is 10.6 Å². The zero-order chi connectivity index (χ0) is 21.9. The Hall–Kier alpha value is -2.50. The summed E-state index contributed by atoms with van der Waals surface area (Å²) in [6.07, 6.45) is -1.72. The monoisotopic (exact) mass is 448 g/mol. The largest absolute Gasteiger partial charge is 0.390 e. The van der Waals surface area contributed by atoms with Gasteiger partial charge in [0.1, 0.15) is 22.4 Å². The summed E-state index contributed by atoms with van der Waals surface area (Å²) < 4.78 is 27.4. The number of nitrogens with two attached hydrogens (primary N) is 1. The average Bonchev–Trinajstić information content (AvgIpc) is 3.40. The molecule has 4 atom stereocenters. The van der Waals surface area contributed by atoms with Gasteiger partial charge in [-0.25, -0.2) is 18.7 Å². The second-order valence-electron chi connectivity index (χ2n) is 8.19. The van der Waals surface area contributed by atoms with E-state index in [1.807, 2.05) is 6.07 Å². The predicted molar refractivity (Wildman–Crippen MR) is 113 cm³/mol. The summed E-state index contributed by atoms with van der Waals surface area (Å²) in [6.45, 7) is 1.77. The normalized spacial score (nSPS) is 26.1. The van der Waals surface area contributed by atoms with E-state index in [0.29, 0.717) is 28.0 Å². The molecule has 164 valence electrons. The first kappa shape index (κ1) is 20.4. The number of aryl methyl sites for hydroxylation is 1. The van der Waals surface area contributed by atoms with E-state index < -0.39 is 30.6 Å². The van der Waals surface area contributed by atoms with Gasteiger partial charge in [-0.05, 0) is 32.3 Å². The molecule has 0 aromatic carbocycles. The van der Waals surface area contributed by atoms with Gasteiger partial charge in [-0.15, -0.1) is 11.3 Å². The molecular formula is C20H22F2N6O2S. The van der Waals surface area contributed by atoms with E-state index in [4.69, 9.17) is 10.7 Å². The molecule has 3 heterocycles. The summed E-state index contributed by atoms with van der Waals surface area (Å²) in [5.74, 6) is -0.563. The number of hydrogen-bond acceptors (Lipinski definition) is 9. The number of fused-ring (bicyclic) bond motifs is 1. The van der Waals surface area contributed by atoms with Crippen LogP contribution >= 0.6 is 11.3 Å². The summed E-state index contributed by atoms with van der Waals surface area (Å²) in [5.41, 5.74) is 8.85. The molecule has 0 aliphatic heterocycles. The molecule has 0 amide bonds. The van der Waals surface area contributed by atoms with E-state index in [0.717, 1.165) is 28.8 Å². The van der Waals surface area contributed by atoms with E-state index >= 15 is 0 Å². The number of nitrogens with one attached hydrogen (secondary N) is 1. The molecule has 0 radical (unpaired) electrons. The van der Waals surface area contributed by atoms with E-state index in [2.05, 4.69) is 20.3 Å². The molecule has 11 heteroatoms. The summed E-state index contributed by atoms with van der Waals surface area (Å²) in [6, 6.07) is 1.10. The van der Waals surface area contributed by atoms with Gasteiger partial charge in [-0.1, -0.05) is 0 Å². The minimum Gasteiger partial charge on any atom is -0.390 e. The number of alkyl halides is 2. The number of nitrogen functional groups attached to an aromatic ring is 1. The van der Waals surface area contributed by atoms with Crippen molar-refractivity contribution in [3.63, 3.8) is 0 Å². The lowest BCUT2D eigenvalue weighted by atomic mass is 10.1. The van der Waals surface area contributed by atoms with Crippen molar-refractivity contribution in [1.29, 1.82) is 0 Å². The van der Waals surface area contributed by atoms with Crippen molar-refractivity contribution in [3.05, 3.63) is 23.7 Å². The van der Waals surface area contributed by atoms with Crippen molar-refractivity contribution in [2.24, 2.45) is 5.92 Å². The highest BCUT2D eigenvalue weighted by molar-refractivity contribution is 7.21. The minimum absolute atomic E-state index is 0.0173. The van der Waals surface area contributed by atoms with E-state index in [1.54, 1.807) is 13.1 Å². The van der Waals surface area contributed by atoms with E-state index in [9.17, 15) is 19.0 Å². The highest BCUT2D eigenvalue weighted by atomic mass is 32.1. The maximum absolute atomic E-state index is 13.2. The highest BCUT2D eigenvalue weighted by Gasteiger charge is 2.46. The number of hydrogen-bond donors (Lipinski definition) is 4. The zero-order valence-corrected chi connectivity index (χ0v) is 17.5. The SMILES string of the molecule is Cc1nc(N)nc(N[C@@H]2C[C@H](C(F)F)[C@@H](O)[C@H]2O)c1-c1nc2c(C3CC3)nccc2s1. The van der Waals surface area contributed by atoms with Crippen LogP contribution in [0.2, 0.25) is 0 Å². The fourth-order valence-electron chi connectivity index (χ4n) is 4.23. The minimum atomic E-state index is -2.73. The van der Waals surface area contributed by atoms with Crippen LogP contribution in [0.15, 0.2) is 12.3 Å². The molecule has 2 fully saturated rings. The van der Waals surface area contributed by atoms with Crippen LogP contribution in [0.1, 0.15) is 36.6 Å². The Balaban J connectivity index is 1.55. The van der Waals surface area contributed by atoms with Crippen LogP contribution in [0.4, 0.5) is 20.5 Å². The predicted octanol–water partition coefficient (Wildman–Crippen LogP) is 2.70. The first-order valence-electron chi connectivity index (χ1n) is 10.1. The lowest BCUT2D eigenvalue weighted by Crippen LogP contribution is -2.36. The average molecular weight is 448 g/mol. The van der Waals surface area contributed by atoms with Gasteiger partial charge in [0.15, 0.2) is 0 Å². The number of halogens is 2. The molecule has 5 rings (SSSR count). The number of aliphatic hydroxyl groups excluding tert-OH is 2. The molecule has 0 saturated heterocycles. The third-order valence-electron chi connectivity index (χ3n) is 5.99. The molecule has 0 unspecified atom stereocenters. The molecule has 5 N–H and O–H groups in total.